The van der Waals surface area contributed by atoms with Gasteiger partial charge in [0, 0.05) is 18.9 Å². The van der Waals surface area contributed by atoms with Crippen LogP contribution in [0, 0.1) is 5.92 Å². The van der Waals surface area contributed by atoms with Gasteiger partial charge < -0.3 is 5.11 Å². The Kier molecular flexibility index (Phi) is 27.6. The normalized spacial score (nSPS) is 11.5. The van der Waals surface area contributed by atoms with Crippen molar-refractivity contribution in [2.45, 2.75) is 181 Å². The first-order chi connectivity index (χ1) is 16.2. The van der Waals surface area contributed by atoms with Crippen LogP contribution < -0.4 is 0 Å². The van der Waals surface area contributed by atoms with Crippen molar-refractivity contribution in [3.8, 4) is 0 Å². The number of unbranched alkanes of at least 4 members (excludes halogenated alkanes) is 24. The molecule has 0 aromatic rings. The molecular weight excluding hydrogens is 404 g/mol. The average molecular weight is 467 g/mol. The highest BCUT2D eigenvalue weighted by Gasteiger charge is 2.05. The highest BCUT2D eigenvalue weighted by atomic mass is 16.2. The third-order valence-electron chi connectivity index (χ3n) is 7.23. The number of carbonyl (C=O) groups excluding carboxylic acids is 1. The fraction of sp³-hybridized carbons (Fsp3) is 0.968. The smallest absolute Gasteiger partial charge is 0.135 e. The zero-order chi connectivity index (χ0) is 24.2. The van der Waals surface area contributed by atoms with Crippen molar-refractivity contribution in [3.63, 3.8) is 0 Å². The van der Waals surface area contributed by atoms with E-state index < -0.39 is 0 Å². The maximum absolute atomic E-state index is 11.6. The summed E-state index contributed by atoms with van der Waals surface area (Å²) < 4.78 is 0. The molecule has 0 aromatic heterocycles. The molecule has 0 radical (unpaired) electrons. The summed E-state index contributed by atoms with van der Waals surface area (Å²) in [5.41, 5.74) is 0. The van der Waals surface area contributed by atoms with E-state index in [0.29, 0.717) is 12.4 Å². The molecule has 0 aliphatic rings. The van der Waals surface area contributed by atoms with Gasteiger partial charge in [0.15, 0.2) is 0 Å². The van der Waals surface area contributed by atoms with Crippen LogP contribution in [0.4, 0.5) is 0 Å². The minimum Gasteiger partial charge on any atom is -0.396 e. The molecule has 0 aliphatic carbocycles. The molecule has 0 aliphatic heterocycles. The molecule has 0 saturated carbocycles. The van der Waals surface area contributed by atoms with Crippen molar-refractivity contribution in [1.29, 1.82) is 0 Å². The van der Waals surface area contributed by atoms with E-state index in [1.54, 1.807) is 0 Å². The van der Waals surface area contributed by atoms with Gasteiger partial charge in [-0.2, -0.15) is 0 Å². The predicted octanol–water partition coefficient (Wildman–Crippen LogP) is 10.3. The Morgan fingerprint density at radius 3 is 0.848 bits per heavy atom. The van der Waals surface area contributed by atoms with Crippen LogP contribution in [0.5, 0.6) is 0 Å². The SMILES string of the molecule is CC(C)C(=O)CCCCCCCCCCCCCCCCCCCCCCCCCCCO. The summed E-state index contributed by atoms with van der Waals surface area (Å²) in [4.78, 5) is 11.6. The number of ketones is 1. The largest absolute Gasteiger partial charge is 0.396 e. The Morgan fingerprint density at radius 1 is 0.424 bits per heavy atom. The minimum atomic E-state index is 0.222. The molecule has 0 atom stereocenters. The van der Waals surface area contributed by atoms with Gasteiger partial charge in [-0.15, -0.1) is 0 Å². The Hall–Kier alpha value is -0.370. The van der Waals surface area contributed by atoms with E-state index in [1.807, 2.05) is 13.8 Å². The van der Waals surface area contributed by atoms with Gasteiger partial charge in [0.25, 0.3) is 0 Å². The number of hydrogen-bond donors (Lipinski definition) is 1. The second kappa shape index (κ2) is 27.9. The van der Waals surface area contributed by atoms with Gasteiger partial charge in [-0.05, 0) is 12.8 Å². The quantitative estimate of drug-likeness (QED) is 0.116. The maximum atomic E-state index is 11.6. The van der Waals surface area contributed by atoms with Crippen molar-refractivity contribution in [3.05, 3.63) is 0 Å². The molecule has 33 heavy (non-hydrogen) atoms. The van der Waals surface area contributed by atoms with Crippen LogP contribution >= 0.6 is 0 Å². The van der Waals surface area contributed by atoms with Crippen molar-refractivity contribution >= 4 is 5.78 Å². The highest BCUT2D eigenvalue weighted by Crippen LogP contribution is 2.16. The van der Waals surface area contributed by atoms with E-state index in [2.05, 4.69) is 0 Å². The van der Waals surface area contributed by atoms with Crippen LogP contribution in [-0.2, 0) is 4.79 Å². The average Bonchev–Trinajstić information content (AvgIpc) is 2.81. The Bertz CT molecular complexity index is 377. The van der Waals surface area contributed by atoms with Gasteiger partial charge in [-0.3, -0.25) is 4.79 Å². The summed E-state index contributed by atoms with van der Waals surface area (Å²) in [5, 5.41) is 8.76. The van der Waals surface area contributed by atoms with E-state index >= 15 is 0 Å². The summed E-state index contributed by atoms with van der Waals surface area (Å²) in [6.07, 6.45) is 35.1. The van der Waals surface area contributed by atoms with Crippen molar-refractivity contribution < 1.29 is 9.90 Å². The first kappa shape index (κ1) is 32.6. The van der Waals surface area contributed by atoms with Crippen LogP contribution in [0.15, 0.2) is 0 Å². The number of carbonyl (C=O) groups is 1. The lowest BCUT2D eigenvalue weighted by atomic mass is 10.0. The lowest BCUT2D eigenvalue weighted by molar-refractivity contribution is -0.122. The topological polar surface area (TPSA) is 37.3 Å². The van der Waals surface area contributed by atoms with Gasteiger partial charge in [0.2, 0.25) is 0 Å². The number of Topliss-reactive ketones (excluding diaryl/α,β-unsaturated/α-hetero) is 1. The standard InChI is InChI=1S/C31H62O2/c1-30(2)31(33)28-26-24-22-20-18-16-14-12-10-8-6-4-3-5-7-9-11-13-15-17-19-21-23-25-27-29-32/h30,32H,3-29H2,1-2H3. The van der Waals surface area contributed by atoms with Gasteiger partial charge in [0.1, 0.15) is 5.78 Å². The van der Waals surface area contributed by atoms with Gasteiger partial charge in [0.05, 0.1) is 0 Å². The minimum absolute atomic E-state index is 0.222. The molecule has 2 nitrogen and oxygen atoms in total. The molecule has 0 amide bonds. The fourth-order valence-electron chi connectivity index (χ4n) is 4.77. The van der Waals surface area contributed by atoms with Crippen molar-refractivity contribution in [2.24, 2.45) is 5.92 Å². The van der Waals surface area contributed by atoms with Crippen LogP contribution in [0.3, 0.4) is 0 Å². The van der Waals surface area contributed by atoms with Gasteiger partial charge in [-0.1, -0.05) is 162 Å². The molecule has 1 N–H and O–H groups in total. The maximum Gasteiger partial charge on any atom is 0.135 e. The van der Waals surface area contributed by atoms with E-state index in [4.69, 9.17) is 5.11 Å². The summed E-state index contributed by atoms with van der Waals surface area (Å²) >= 11 is 0. The molecule has 0 saturated heterocycles. The van der Waals surface area contributed by atoms with Crippen molar-refractivity contribution in [1.82, 2.24) is 0 Å². The molecule has 0 aromatic carbocycles. The molecular formula is C31H62O2. The van der Waals surface area contributed by atoms with Crippen LogP contribution in [0.2, 0.25) is 0 Å². The fourth-order valence-corrected chi connectivity index (χ4v) is 4.77. The lowest BCUT2D eigenvalue weighted by Crippen LogP contribution is -2.05. The van der Waals surface area contributed by atoms with Gasteiger partial charge >= 0.3 is 0 Å². The van der Waals surface area contributed by atoms with Crippen LogP contribution in [-0.4, -0.2) is 17.5 Å². The van der Waals surface area contributed by atoms with Gasteiger partial charge in [-0.25, -0.2) is 0 Å². The lowest BCUT2D eigenvalue weighted by Gasteiger charge is -2.05. The Morgan fingerprint density at radius 2 is 0.636 bits per heavy atom. The summed E-state index contributed by atoms with van der Waals surface area (Å²) in [7, 11) is 0. The molecule has 0 unspecified atom stereocenters. The van der Waals surface area contributed by atoms with E-state index in [9.17, 15) is 4.79 Å². The van der Waals surface area contributed by atoms with Crippen molar-refractivity contribution in [2.75, 3.05) is 6.61 Å². The van der Waals surface area contributed by atoms with E-state index in [1.165, 1.54) is 148 Å². The van der Waals surface area contributed by atoms with Crippen LogP contribution in [0.1, 0.15) is 181 Å². The monoisotopic (exact) mass is 466 g/mol. The highest BCUT2D eigenvalue weighted by molar-refractivity contribution is 5.80. The molecule has 0 heterocycles. The predicted molar refractivity (Wildman–Crippen MR) is 147 cm³/mol. The third-order valence-corrected chi connectivity index (χ3v) is 7.23. The number of aliphatic hydroxyl groups is 1. The number of rotatable bonds is 28. The second-order valence-corrected chi connectivity index (χ2v) is 10.9. The second-order valence-electron chi connectivity index (χ2n) is 10.9. The zero-order valence-electron chi connectivity index (χ0n) is 23.0. The molecule has 2 heteroatoms. The molecule has 0 fully saturated rings. The number of hydrogen-bond acceptors (Lipinski definition) is 2. The van der Waals surface area contributed by atoms with E-state index in [-0.39, 0.29) is 5.92 Å². The third kappa shape index (κ3) is 27.8. The number of aliphatic hydroxyl groups excluding tert-OH is 1. The Balaban J connectivity index is 3.05. The van der Waals surface area contributed by atoms with E-state index in [0.717, 1.165) is 19.3 Å². The summed E-state index contributed by atoms with van der Waals surface area (Å²) in [6, 6.07) is 0. The molecule has 0 spiro atoms. The summed E-state index contributed by atoms with van der Waals surface area (Å²) in [5.74, 6) is 0.661. The molecule has 0 bridgehead atoms. The molecule has 0 rings (SSSR count). The molecule has 198 valence electrons. The zero-order valence-corrected chi connectivity index (χ0v) is 23.0. The first-order valence-electron chi connectivity index (χ1n) is 15.3. The first-order valence-corrected chi connectivity index (χ1v) is 15.3. The summed E-state index contributed by atoms with van der Waals surface area (Å²) in [6.45, 7) is 4.39. The Labute approximate surface area is 209 Å². The van der Waals surface area contributed by atoms with Crippen LogP contribution in [0.25, 0.3) is 0 Å².